The Balaban J connectivity index is 1.51. The van der Waals surface area contributed by atoms with Gasteiger partial charge in [-0.2, -0.15) is 0 Å². The third-order valence-corrected chi connectivity index (χ3v) is 5.24. The predicted octanol–water partition coefficient (Wildman–Crippen LogP) is 4.34. The smallest absolute Gasteiger partial charge is 0.253 e. The van der Waals surface area contributed by atoms with E-state index in [-0.39, 0.29) is 18.7 Å². The summed E-state index contributed by atoms with van der Waals surface area (Å²) in [4.78, 5) is 18.3. The second-order valence-corrected chi connectivity index (χ2v) is 7.06. The highest BCUT2D eigenvalue weighted by molar-refractivity contribution is 7.13. The fourth-order valence-corrected chi connectivity index (χ4v) is 3.60. The molecular weight excluding hydrogens is 348 g/mol. The van der Waals surface area contributed by atoms with Gasteiger partial charge in [0.05, 0.1) is 27.9 Å². The molecule has 0 radical (unpaired) electrons. The van der Waals surface area contributed by atoms with E-state index in [1.807, 2.05) is 61.7 Å². The molecule has 2 aromatic heterocycles. The van der Waals surface area contributed by atoms with Gasteiger partial charge in [-0.05, 0) is 55.1 Å². The molecule has 3 aromatic rings. The van der Waals surface area contributed by atoms with Gasteiger partial charge in [-0.15, -0.1) is 11.3 Å². The number of hydrogen-bond acceptors (Lipinski definition) is 5. The maximum absolute atomic E-state index is 12.7. The fraction of sp³-hybridized carbons (Fsp3) is 0.200. The van der Waals surface area contributed by atoms with Gasteiger partial charge in [-0.3, -0.25) is 9.78 Å². The summed E-state index contributed by atoms with van der Waals surface area (Å²) in [6.45, 7) is 4.04. The van der Waals surface area contributed by atoms with Crippen LogP contribution in [0.5, 0.6) is 11.5 Å². The number of amides is 1. The molecule has 132 valence electrons. The fourth-order valence-electron chi connectivity index (χ4n) is 2.90. The molecular formula is C20H18N2O3S. The largest absolute Gasteiger partial charge is 0.454 e. The first-order valence-corrected chi connectivity index (χ1v) is 9.22. The second kappa shape index (κ2) is 6.80. The molecule has 1 aliphatic heterocycles. The van der Waals surface area contributed by atoms with Crippen LogP contribution in [-0.2, 0) is 0 Å². The Bertz CT molecular complexity index is 954. The van der Waals surface area contributed by atoms with Crippen LogP contribution >= 0.6 is 11.3 Å². The normalized spacial score (nSPS) is 13.5. The third kappa shape index (κ3) is 3.15. The number of carbonyl (C=O) groups excluding carboxylic acids is 1. The third-order valence-electron chi connectivity index (χ3n) is 4.35. The minimum Gasteiger partial charge on any atom is -0.454 e. The maximum Gasteiger partial charge on any atom is 0.253 e. The summed E-state index contributed by atoms with van der Waals surface area (Å²) in [6.07, 6.45) is 0. The molecule has 0 saturated heterocycles. The predicted molar refractivity (Wildman–Crippen MR) is 101 cm³/mol. The van der Waals surface area contributed by atoms with Crippen molar-refractivity contribution in [3.8, 4) is 22.1 Å². The number of fused-ring (bicyclic) bond motifs is 1. The SMILES string of the molecule is Cc1nc(-c2cccs2)ccc1C(=O)NC(C)c1ccc2c(c1)OCO2. The maximum atomic E-state index is 12.7. The number of hydrogen-bond donors (Lipinski definition) is 1. The lowest BCUT2D eigenvalue weighted by atomic mass is 10.1. The van der Waals surface area contributed by atoms with Gasteiger partial charge in [0.1, 0.15) is 0 Å². The Morgan fingerprint density at radius 1 is 1.19 bits per heavy atom. The molecule has 0 bridgehead atoms. The standard InChI is InChI=1S/C20H18N2O3S/c1-12(14-5-8-17-18(10-14)25-11-24-17)22-20(23)15-6-7-16(21-13(15)2)19-4-3-9-26-19/h3-10,12H,11H2,1-2H3,(H,22,23). The zero-order valence-electron chi connectivity index (χ0n) is 14.5. The minimum absolute atomic E-state index is 0.141. The summed E-state index contributed by atoms with van der Waals surface area (Å²) in [5, 5.41) is 5.04. The molecule has 6 heteroatoms. The molecule has 1 amide bonds. The van der Waals surface area contributed by atoms with Crippen LogP contribution in [0.15, 0.2) is 47.8 Å². The number of aryl methyl sites for hydroxylation is 1. The number of benzene rings is 1. The highest BCUT2D eigenvalue weighted by Crippen LogP contribution is 2.34. The van der Waals surface area contributed by atoms with Crippen molar-refractivity contribution < 1.29 is 14.3 Å². The lowest BCUT2D eigenvalue weighted by molar-refractivity contribution is 0.0938. The van der Waals surface area contributed by atoms with Crippen LogP contribution in [-0.4, -0.2) is 17.7 Å². The molecule has 0 saturated carbocycles. The average molecular weight is 366 g/mol. The van der Waals surface area contributed by atoms with E-state index in [0.717, 1.165) is 21.9 Å². The Morgan fingerprint density at radius 2 is 2.04 bits per heavy atom. The Hall–Kier alpha value is -2.86. The van der Waals surface area contributed by atoms with Crippen molar-refractivity contribution in [2.45, 2.75) is 19.9 Å². The van der Waals surface area contributed by atoms with Crippen molar-refractivity contribution in [1.82, 2.24) is 10.3 Å². The highest BCUT2D eigenvalue weighted by Gasteiger charge is 2.18. The Morgan fingerprint density at radius 3 is 2.81 bits per heavy atom. The quantitative estimate of drug-likeness (QED) is 0.746. The Labute approximate surface area is 155 Å². The molecule has 0 fully saturated rings. The van der Waals surface area contributed by atoms with Crippen molar-refractivity contribution in [2.24, 2.45) is 0 Å². The number of carbonyl (C=O) groups is 1. The summed E-state index contributed by atoms with van der Waals surface area (Å²) in [6, 6.07) is 13.3. The van der Waals surface area contributed by atoms with Crippen LogP contribution in [0.2, 0.25) is 0 Å². The van der Waals surface area contributed by atoms with E-state index in [2.05, 4.69) is 10.3 Å². The van der Waals surface area contributed by atoms with Crippen molar-refractivity contribution >= 4 is 17.2 Å². The number of nitrogens with zero attached hydrogens (tertiary/aromatic N) is 1. The van der Waals surface area contributed by atoms with E-state index >= 15 is 0 Å². The molecule has 1 unspecified atom stereocenters. The molecule has 0 spiro atoms. The summed E-state index contributed by atoms with van der Waals surface area (Å²) >= 11 is 1.63. The number of thiophene rings is 1. The van der Waals surface area contributed by atoms with Crippen LogP contribution in [0, 0.1) is 6.92 Å². The monoisotopic (exact) mass is 366 g/mol. The molecule has 1 N–H and O–H groups in total. The van der Waals surface area contributed by atoms with Gasteiger partial charge >= 0.3 is 0 Å². The van der Waals surface area contributed by atoms with Gasteiger partial charge in [0, 0.05) is 0 Å². The molecule has 0 aliphatic carbocycles. The van der Waals surface area contributed by atoms with E-state index < -0.39 is 0 Å². The summed E-state index contributed by atoms with van der Waals surface area (Å²) in [5.74, 6) is 1.30. The van der Waals surface area contributed by atoms with Crippen LogP contribution in [0.25, 0.3) is 10.6 Å². The first-order valence-electron chi connectivity index (χ1n) is 8.34. The van der Waals surface area contributed by atoms with Gasteiger partial charge in [-0.25, -0.2) is 0 Å². The van der Waals surface area contributed by atoms with Gasteiger partial charge in [0.15, 0.2) is 11.5 Å². The van der Waals surface area contributed by atoms with Crippen molar-refractivity contribution in [1.29, 1.82) is 0 Å². The highest BCUT2D eigenvalue weighted by atomic mass is 32.1. The molecule has 1 aromatic carbocycles. The number of nitrogens with one attached hydrogen (secondary N) is 1. The van der Waals surface area contributed by atoms with E-state index in [9.17, 15) is 4.79 Å². The Kier molecular flexibility index (Phi) is 4.34. The van der Waals surface area contributed by atoms with Gasteiger partial charge in [0.2, 0.25) is 6.79 Å². The first-order chi connectivity index (χ1) is 12.6. The van der Waals surface area contributed by atoms with Gasteiger partial charge in [0.25, 0.3) is 5.91 Å². The average Bonchev–Trinajstić information content (AvgIpc) is 3.32. The van der Waals surface area contributed by atoms with Crippen LogP contribution in [0.3, 0.4) is 0 Å². The molecule has 4 rings (SSSR count). The van der Waals surface area contributed by atoms with Gasteiger partial charge in [-0.1, -0.05) is 12.1 Å². The van der Waals surface area contributed by atoms with Crippen molar-refractivity contribution in [3.63, 3.8) is 0 Å². The number of aromatic nitrogens is 1. The van der Waals surface area contributed by atoms with E-state index in [4.69, 9.17) is 9.47 Å². The number of ether oxygens (including phenoxy) is 2. The lowest BCUT2D eigenvalue weighted by Crippen LogP contribution is -2.27. The molecule has 5 nitrogen and oxygen atoms in total. The number of pyridine rings is 1. The zero-order valence-corrected chi connectivity index (χ0v) is 15.3. The van der Waals surface area contributed by atoms with Crippen LogP contribution < -0.4 is 14.8 Å². The summed E-state index contributed by atoms with van der Waals surface area (Å²) in [7, 11) is 0. The lowest BCUT2D eigenvalue weighted by Gasteiger charge is -2.16. The topological polar surface area (TPSA) is 60.5 Å². The second-order valence-electron chi connectivity index (χ2n) is 6.11. The van der Waals surface area contributed by atoms with E-state index in [1.54, 1.807) is 11.3 Å². The molecule has 26 heavy (non-hydrogen) atoms. The zero-order chi connectivity index (χ0) is 18.1. The molecule has 3 heterocycles. The minimum atomic E-state index is -0.159. The number of rotatable bonds is 4. The van der Waals surface area contributed by atoms with Crippen LogP contribution in [0.4, 0.5) is 0 Å². The first kappa shape index (κ1) is 16.6. The molecule has 1 aliphatic rings. The van der Waals surface area contributed by atoms with E-state index in [0.29, 0.717) is 17.0 Å². The van der Waals surface area contributed by atoms with E-state index in [1.165, 1.54) is 0 Å². The van der Waals surface area contributed by atoms with Crippen molar-refractivity contribution in [2.75, 3.05) is 6.79 Å². The van der Waals surface area contributed by atoms with Crippen LogP contribution in [0.1, 0.15) is 34.6 Å². The van der Waals surface area contributed by atoms with Crippen molar-refractivity contribution in [3.05, 3.63) is 64.7 Å². The summed E-state index contributed by atoms with van der Waals surface area (Å²) in [5.41, 5.74) is 3.14. The molecule has 1 atom stereocenters. The van der Waals surface area contributed by atoms with Gasteiger partial charge < -0.3 is 14.8 Å². The summed E-state index contributed by atoms with van der Waals surface area (Å²) < 4.78 is 10.7.